The van der Waals surface area contributed by atoms with Crippen molar-refractivity contribution < 1.29 is 9.53 Å². The lowest BCUT2D eigenvalue weighted by molar-refractivity contribution is -0.130. The van der Waals surface area contributed by atoms with Crippen molar-refractivity contribution in [2.45, 2.75) is 6.42 Å². The topological polar surface area (TPSA) is 38.7 Å². The number of esters is 1. The summed E-state index contributed by atoms with van der Waals surface area (Å²) >= 11 is 0. The van der Waals surface area contributed by atoms with Gasteiger partial charge in [0.15, 0.2) is 0 Å². The van der Waals surface area contributed by atoms with Gasteiger partial charge in [-0.3, -0.25) is 0 Å². The van der Waals surface area contributed by atoms with Gasteiger partial charge in [-0.15, -0.1) is 0 Å². The van der Waals surface area contributed by atoms with Crippen molar-refractivity contribution in [3.8, 4) is 0 Å². The molecule has 2 rings (SSSR count). The molecule has 1 aliphatic heterocycles. The molecule has 0 amide bonds. The summed E-state index contributed by atoms with van der Waals surface area (Å²) in [5.74, 6) is -0.364. The summed E-state index contributed by atoms with van der Waals surface area (Å²) in [7, 11) is 0. The Bertz CT molecular complexity index is 393. The fourth-order valence-corrected chi connectivity index (χ4v) is 1.17. The predicted octanol–water partition coefficient (Wildman–Crippen LogP) is 2.22. The highest BCUT2D eigenvalue weighted by Crippen LogP contribution is 2.13. The van der Waals surface area contributed by atoms with Crippen LogP contribution in [0.15, 0.2) is 47.7 Å². The molecule has 1 aliphatic rings. The van der Waals surface area contributed by atoms with E-state index in [1.54, 1.807) is 6.08 Å². The number of benzene rings is 1. The first kappa shape index (κ1) is 8.69. The van der Waals surface area contributed by atoms with E-state index in [9.17, 15) is 4.79 Å². The zero-order valence-corrected chi connectivity index (χ0v) is 7.51. The summed E-state index contributed by atoms with van der Waals surface area (Å²) in [6.45, 7) is 0. The summed E-state index contributed by atoms with van der Waals surface area (Å²) < 4.78 is 4.71. The van der Waals surface area contributed by atoms with Gasteiger partial charge in [-0.25, -0.2) is 9.79 Å². The average molecular weight is 187 g/mol. The van der Waals surface area contributed by atoms with Gasteiger partial charge in [-0.1, -0.05) is 18.2 Å². The molecule has 0 saturated heterocycles. The van der Waals surface area contributed by atoms with Crippen molar-refractivity contribution in [2.24, 2.45) is 4.99 Å². The molecule has 70 valence electrons. The van der Waals surface area contributed by atoms with Crippen molar-refractivity contribution in [1.82, 2.24) is 0 Å². The zero-order chi connectivity index (χ0) is 9.80. The third-order valence-corrected chi connectivity index (χ3v) is 1.84. The van der Waals surface area contributed by atoms with Gasteiger partial charge in [0.2, 0.25) is 0 Å². The van der Waals surface area contributed by atoms with Crippen molar-refractivity contribution in [2.75, 3.05) is 0 Å². The molecule has 1 heterocycles. The first-order chi connectivity index (χ1) is 6.86. The second-order valence-electron chi connectivity index (χ2n) is 2.88. The van der Waals surface area contributed by atoms with E-state index in [0.29, 0.717) is 12.1 Å². The molecule has 0 N–H and O–H groups in total. The second-order valence-corrected chi connectivity index (χ2v) is 2.88. The van der Waals surface area contributed by atoms with E-state index < -0.39 is 0 Å². The zero-order valence-electron chi connectivity index (χ0n) is 7.51. The maximum absolute atomic E-state index is 11.2. The minimum atomic E-state index is -0.364. The Morgan fingerprint density at radius 2 is 2.00 bits per heavy atom. The number of rotatable bonds is 1. The van der Waals surface area contributed by atoms with Crippen LogP contribution in [-0.4, -0.2) is 11.7 Å². The number of carbonyl (C=O) groups is 1. The largest absolute Gasteiger partial charge is 0.430 e. The van der Waals surface area contributed by atoms with Crippen LogP contribution in [0.4, 0.5) is 5.69 Å². The number of hydrogen-bond donors (Lipinski definition) is 0. The van der Waals surface area contributed by atoms with Gasteiger partial charge in [-0.2, -0.15) is 0 Å². The summed E-state index contributed by atoms with van der Waals surface area (Å²) in [5.41, 5.74) is 1.22. The van der Waals surface area contributed by atoms with Gasteiger partial charge in [0.05, 0.1) is 11.9 Å². The first-order valence-electron chi connectivity index (χ1n) is 4.35. The number of carbonyl (C=O) groups excluding carboxylic acids is 1. The molecule has 0 unspecified atom stereocenters. The van der Waals surface area contributed by atoms with Gasteiger partial charge in [0.1, 0.15) is 5.71 Å². The van der Waals surface area contributed by atoms with E-state index in [1.807, 2.05) is 30.3 Å². The summed E-state index contributed by atoms with van der Waals surface area (Å²) in [6, 6.07) is 9.35. The van der Waals surface area contributed by atoms with Crippen molar-refractivity contribution in [3.63, 3.8) is 0 Å². The Labute approximate surface area is 81.7 Å². The Hall–Kier alpha value is -1.90. The lowest BCUT2D eigenvalue weighted by Crippen LogP contribution is -2.17. The van der Waals surface area contributed by atoms with E-state index in [1.165, 1.54) is 6.26 Å². The maximum atomic E-state index is 11.2. The lowest BCUT2D eigenvalue weighted by Gasteiger charge is -2.06. The molecule has 0 atom stereocenters. The average Bonchev–Trinajstić information content (AvgIpc) is 2.23. The quantitative estimate of drug-likeness (QED) is 0.632. The van der Waals surface area contributed by atoms with Gasteiger partial charge in [0, 0.05) is 6.42 Å². The standard InChI is InChI=1S/C11H9NO2/c13-11-10(7-4-8-14-11)12-9-5-2-1-3-6-9/h1-6,8H,7H2. The molecule has 0 radical (unpaired) electrons. The normalized spacial score (nSPS) is 18.3. The molecule has 0 spiro atoms. The SMILES string of the molecule is O=C1OC=CCC1=Nc1ccccc1. The highest BCUT2D eigenvalue weighted by molar-refractivity contribution is 6.37. The van der Waals surface area contributed by atoms with Crippen LogP contribution < -0.4 is 0 Å². The van der Waals surface area contributed by atoms with Gasteiger partial charge < -0.3 is 4.74 Å². The summed E-state index contributed by atoms with van der Waals surface area (Å²) in [5, 5.41) is 0. The molecule has 3 heteroatoms. The smallest absolute Gasteiger partial charge is 0.357 e. The number of aliphatic imine (C=N–C) groups is 1. The van der Waals surface area contributed by atoms with E-state index in [2.05, 4.69) is 4.99 Å². The number of cyclic esters (lactones) is 1. The number of hydrogen-bond acceptors (Lipinski definition) is 3. The molecule has 0 aromatic heterocycles. The van der Waals surface area contributed by atoms with E-state index in [-0.39, 0.29) is 5.97 Å². The van der Waals surface area contributed by atoms with Crippen LogP contribution in [0.25, 0.3) is 0 Å². The lowest BCUT2D eigenvalue weighted by atomic mass is 10.2. The third-order valence-electron chi connectivity index (χ3n) is 1.84. The molecular formula is C11H9NO2. The number of para-hydroxylation sites is 1. The van der Waals surface area contributed by atoms with Crippen LogP contribution in [0.5, 0.6) is 0 Å². The Kier molecular flexibility index (Phi) is 2.40. The van der Waals surface area contributed by atoms with Crippen LogP contribution >= 0.6 is 0 Å². The van der Waals surface area contributed by atoms with Crippen LogP contribution in [0.1, 0.15) is 6.42 Å². The minimum absolute atomic E-state index is 0.364. The highest BCUT2D eigenvalue weighted by atomic mass is 16.5. The van der Waals surface area contributed by atoms with Gasteiger partial charge in [-0.05, 0) is 18.2 Å². The molecule has 0 fully saturated rings. The van der Waals surface area contributed by atoms with E-state index in [4.69, 9.17) is 4.74 Å². The van der Waals surface area contributed by atoms with E-state index in [0.717, 1.165) is 5.69 Å². The second kappa shape index (κ2) is 3.87. The molecule has 0 aliphatic carbocycles. The summed E-state index contributed by atoms with van der Waals surface area (Å²) in [6.07, 6.45) is 3.70. The molecule has 3 nitrogen and oxygen atoms in total. The number of ether oxygens (including phenoxy) is 1. The summed E-state index contributed by atoms with van der Waals surface area (Å²) in [4.78, 5) is 15.4. The van der Waals surface area contributed by atoms with Crippen LogP contribution in [0.3, 0.4) is 0 Å². The van der Waals surface area contributed by atoms with Crippen LogP contribution in [-0.2, 0) is 9.53 Å². The maximum Gasteiger partial charge on any atom is 0.357 e. The Morgan fingerprint density at radius 1 is 1.21 bits per heavy atom. The van der Waals surface area contributed by atoms with Gasteiger partial charge >= 0.3 is 5.97 Å². The van der Waals surface area contributed by atoms with Crippen LogP contribution in [0, 0.1) is 0 Å². The predicted molar refractivity (Wildman–Crippen MR) is 53.4 cm³/mol. The Balaban J connectivity index is 2.26. The van der Waals surface area contributed by atoms with Crippen molar-refractivity contribution in [3.05, 3.63) is 42.7 Å². The third kappa shape index (κ3) is 1.88. The molecule has 0 saturated carbocycles. The van der Waals surface area contributed by atoms with Crippen molar-refractivity contribution >= 4 is 17.4 Å². The molecular weight excluding hydrogens is 178 g/mol. The fraction of sp³-hybridized carbons (Fsp3) is 0.0909. The molecule has 0 bridgehead atoms. The number of nitrogens with zero attached hydrogens (tertiary/aromatic N) is 1. The highest BCUT2D eigenvalue weighted by Gasteiger charge is 2.14. The monoisotopic (exact) mass is 187 g/mol. The van der Waals surface area contributed by atoms with Crippen molar-refractivity contribution in [1.29, 1.82) is 0 Å². The first-order valence-corrected chi connectivity index (χ1v) is 4.35. The number of allylic oxidation sites excluding steroid dienone is 1. The molecule has 1 aromatic carbocycles. The fourth-order valence-electron chi connectivity index (χ4n) is 1.17. The molecule has 1 aromatic rings. The van der Waals surface area contributed by atoms with Gasteiger partial charge in [0.25, 0.3) is 0 Å². The van der Waals surface area contributed by atoms with E-state index >= 15 is 0 Å². The van der Waals surface area contributed by atoms with Crippen LogP contribution in [0.2, 0.25) is 0 Å². The minimum Gasteiger partial charge on any atom is -0.430 e. The molecule has 14 heavy (non-hydrogen) atoms. The Morgan fingerprint density at radius 3 is 2.71 bits per heavy atom.